The summed E-state index contributed by atoms with van der Waals surface area (Å²) in [5.41, 5.74) is 4.92. The van der Waals surface area contributed by atoms with E-state index in [0.717, 1.165) is 0 Å². The molecule has 4 heteroatoms. The van der Waals surface area contributed by atoms with E-state index in [1.165, 1.54) is 0 Å². The van der Waals surface area contributed by atoms with Gasteiger partial charge in [-0.15, -0.1) is 0 Å². The fourth-order valence-corrected chi connectivity index (χ4v) is 1.14. The molecular formula is C6H9NO3. The van der Waals surface area contributed by atoms with Gasteiger partial charge in [0.2, 0.25) is 5.91 Å². The number of amides is 1. The van der Waals surface area contributed by atoms with Gasteiger partial charge in [0.15, 0.2) is 0 Å². The third-order valence-electron chi connectivity index (χ3n) is 1.96. The van der Waals surface area contributed by atoms with E-state index in [1.807, 2.05) is 0 Å². The first-order valence-corrected chi connectivity index (χ1v) is 3.15. The second kappa shape index (κ2) is 2.28. The zero-order valence-electron chi connectivity index (χ0n) is 5.41. The third kappa shape index (κ3) is 0.964. The molecule has 0 radical (unpaired) electrons. The highest BCUT2D eigenvalue weighted by atomic mass is 16.4. The van der Waals surface area contributed by atoms with Crippen molar-refractivity contribution in [3.05, 3.63) is 0 Å². The Kier molecular flexibility index (Phi) is 1.61. The van der Waals surface area contributed by atoms with Crippen LogP contribution in [0.3, 0.4) is 0 Å². The molecule has 1 aliphatic rings. The minimum atomic E-state index is -0.907. The molecule has 1 aliphatic carbocycles. The van der Waals surface area contributed by atoms with Crippen LogP contribution < -0.4 is 5.73 Å². The average Bonchev–Trinajstić information content (AvgIpc) is 1.56. The van der Waals surface area contributed by atoms with Crippen molar-refractivity contribution in [1.29, 1.82) is 0 Å². The van der Waals surface area contributed by atoms with Crippen molar-refractivity contribution in [3.8, 4) is 0 Å². The average molecular weight is 143 g/mol. The Morgan fingerprint density at radius 1 is 1.30 bits per heavy atom. The summed E-state index contributed by atoms with van der Waals surface area (Å²) < 4.78 is 0. The molecule has 10 heavy (non-hydrogen) atoms. The molecule has 56 valence electrons. The molecule has 0 aromatic rings. The summed E-state index contributed by atoms with van der Waals surface area (Å²) in [6.45, 7) is 0. The van der Waals surface area contributed by atoms with E-state index in [-0.39, 0.29) is 0 Å². The Labute approximate surface area is 58.0 Å². The van der Waals surface area contributed by atoms with Crippen molar-refractivity contribution in [3.63, 3.8) is 0 Å². The van der Waals surface area contributed by atoms with Crippen LogP contribution in [0.25, 0.3) is 0 Å². The summed E-state index contributed by atoms with van der Waals surface area (Å²) in [6, 6.07) is 0. The van der Waals surface area contributed by atoms with Crippen LogP contribution in [-0.4, -0.2) is 17.0 Å². The first-order valence-electron chi connectivity index (χ1n) is 3.15. The minimum Gasteiger partial charge on any atom is -0.481 e. The van der Waals surface area contributed by atoms with Crippen molar-refractivity contribution in [2.45, 2.75) is 12.8 Å². The number of aliphatic carboxylic acids is 1. The van der Waals surface area contributed by atoms with Gasteiger partial charge < -0.3 is 10.8 Å². The van der Waals surface area contributed by atoms with Gasteiger partial charge in [0.25, 0.3) is 0 Å². The minimum absolute atomic E-state index is 0.419. The molecule has 1 fully saturated rings. The maximum atomic E-state index is 10.5. The van der Waals surface area contributed by atoms with Gasteiger partial charge in [0.05, 0.1) is 11.8 Å². The molecule has 3 N–H and O–H groups in total. The predicted octanol–water partition coefficient (Wildman–Crippen LogP) is -0.418. The van der Waals surface area contributed by atoms with Crippen LogP contribution in [0.4, 0.5) is 0 Å². The standard InChI is InChI=1S/C6H9NO3/c7-5(8)3-1-2-4(3)6(9)10/h3-4H,1-2H2,(H2,7,8)(H,9,10)/t3-,4+/m1/s1. The van der Waals surface area contributed by atoms with Crippen molar-refractivity contribution < 1.29 is 14.7 Å². The summed E-state index contributed by atoms with van der Waals surface area (Å²) in [7, 11) is 0. The third-order valence-corrected chi connectivity index (χ3v) is 1.96. The number of nitrogens with two attached hydrogens (primary N) is 1. The highest BCUT2D eigenvalue weighted by molar-refractivity contribution is 5.85. The summed E-state index contributed by atoms with van der Waals surface area (Å²) in [6.07, 6.45) is 1.22. The number of carbonyl (C=O) groups excluding carboxylic acids is 1. The van der Waals surface area contributed by atoms with Gasteiger partial charge in [0.1, 0.15) is 0 Å². The number of hydrogen-bond acceptors (Lipinski definition) is 2. The summed E-state index contributed by atoms with van der Waals surface area (Å²) in [4.78, 5) is 20.7. The van der Waals surface area contributed by atoms with Crippen LogP contribution in [0.15, 0.2) is 0 Å². The largest absolute Gasteiger partial charge is 0.481 e. The summed E-state index contributed by atoms with van der Waals surface area (Å²) in [5.74, 6) is -2.33. The van der Waals surface area contributed by atoms with E-state index < -0.39 is 23.7 Å². The van der Waals surface area contributed by atoms with Gasteiger partial charge in [-0.2, -0.15) is 0 Å². The fraction of sp³-hybridized carbons (Fsp3) is 0.667. The van der Waals surface area contributed by atoms with Crippen molar-refractivity contribution >= 4 is 11.9 Å². The van der Waals surface area contributed by atoms with Gasteiger partial charge in [-0.3, -0.25) is 9.59 Å². The molecular weight excluding hydrogens is 134 g/mol. The molecule has 0 aromatic carbocycles. The van der Waals surface area contributed by atoms with Crippen molar-refractivity contribution in [1.82, 2.24) is 0 Å². The van der Waals surface area contributed by atoms with E-state index in [2.05, 4.69) is 0 Å². The van der Waals surface area contributed by atoms with Crippen LogP contribution >= 0.6 is 0 Å². The van der Waals surface area contributed by atoms with Crippen molar-refractivity contribution in [2.75, 3.05) is 0 Å². The molecule has 0 unspecified atom stereocenters. The van der Waals surface area contributed by atoms with E-state index in [4.69, 9.17) is 10.8 Å². The Morgan fingerprint density at radius 2 is 1.80 bits per heavy atom. The molecule has 2 atom stereocenters. The zero-order chi connectivity index (χ0) is 7.72. The van der Waals surface area contributed by atoms with Gasteiger partial charge in [-0.05, 0) is 12.8 Å². The monoisotopic (exact) mass is 143 g/mol. The lowest BCUT2D eigenvalue weighted by Gasteiger charge is -2.30. The topological polar surface area (TPSA) is 80.4 Å². The van der Waals surface area contributed by atoms with Crippen molar-refractivity contribution in [2.24, 2.45) is 17.6 Å². The number of carboxylic acid groups (broad SMARTS) is 1. The molecule has 0 bridgehead atoms. The lowest BCUT2D eigenvalue weighted by atomic mass is 9.73. The molecule has 0 aliphatic heterocycles. The molecule has 0 aromatic heterocycles. The second-order valence-electron chi connectivity index (χ2n) is 2.53. The SMILES string of the molecule is NC(=O)[C@@H]1CC[C@@H]1C(=O)O. The fourth-order valence-electron chi connectivity index (χ4n) is 1.14. The molecule has 1 amide bonds. The summed E-state index contributed by atoms with van der Waals surface area (Å²) >= 11 is 0. The van der Waals surface area contributed by atoms with Gasteiger partial charge in [0, 0.05) is 0 Å². The predicted molar refractivity (Wildman–Crippen MR) is 33.0 cm³/mol. The molecule has 4 nitrogen and oxygen atoms in total. The highest BCUT2D eigenvalue weighted by Gasteiger charge is 2.40. The van der Waals surface area contributed by atoms with Crippen LogP contribution in [0.5, 0.6) is 0 Å². The molecule has 0 heterocycles. The molecule has 1 rings (SSSR count). The second-order valence-corrected chi connectivity index (χ2v) is 2.53. The van der Waals surface area contributed by atoms with E-state index in [9.17, 15) is 9.59 Å². The van der Waals surface area contributed by atoms with E-state index in [1.54, 1.807) is 0 Å². The maximum Gasteiger partial charge on any atom is 0.307 e. The van der Waals surface area contributed by atoms with Crippen LogP contribution in [0.2, 0.25) is 0 Å². The van der Waals surface area contributed by atoms with Gasteiger partial charge in [-0.25, -0.2) is 0 Å². The first-order chi connectivity index (χ1) is 4.63. The Bertz CT molecular complexity index is 158. The Morgan fingerprint density at radius 3 is 1.90 bits per heavy atom. The number of rotatable bonds is 2. The number of carbonyl (C=O) groups is 2. The Hall–Kier alpha value is -1.06. The highest BCUT2D eigenvalue weighted by Crippen LogP contribution is 2.33. The van der Waals surface area contributed by atoms with Crippen LogP contribution in [0, 0.1) is 11.8 Å². The van der Waals surface area contributed by atoms with Gasteiger partial charge >= 0.3 is 5.97 Å². The van der Waals surface area contributed by atoms with E-state index in [0.29, 0.717) is 12.8 Å². The van der Waals surface area contributed by atoms with Crippen LogP contribution in [0.1, 0.15) is 12.8 Å². The molecule has 0 spiro atoms. The molecule has 0 saturated heterocycles. The Balaban J connectivity index is 2.51. The number of primary amides is 1. The van der Waals surface area contributed by atoms with Crippen LogP contribution in [-0.2, 0) is 9.59 Å². The number of carboxylic acids is 1. The quantitative estimate of drug-likeness (QED) is 0.551. The lowest BCUT2D eigenvalue weighted by molar-refractivity contribution is -0.151. The lowest BCUT2D eigenvalue weighted by Crippen LogP contribution is -2.41. The zero-order valence-corrected chi connectivity index (χ0v) is 5.41. The maximum absolute atomic E-state index is 10.5. The van der Waals surface area contributed by atoms with Gasteiger partial charge in [-0.1, -0.05) is 0 Å². The smallest absolute Gasteiger partial charge is 0.307 e. The number of hydrogen-bond donors (Lipinski definition) is 2. The summed E-state index contributed by atoms with van der Waals surface area (Å²) in [5, 5.41) is 8.44. The molecule has 1 saturated carbocycles. The normalized spacial score (nSPS) is 30.8. The first kappa shape index (κ1) is 7.05. The van der Waals surface area contributed by atoms with E-state index >= 15 is 0 Å².